The van der Waals surface area contributed by atoms with Gasteiger partial charge in [0.15, 0.2) is 5.82 Å². The van der Waals surface area contributed by atoms with Gasteiger partial charge in [0.05, 0.1) is 23.6 Å². The second kappa shape index (κ2) is 13.0. The van der Waals surface area contributed by atoms with Crippen molar-refractivity contribution < 1.29 is 19.2 Å². The van der Waals surface area contributed by atoms with Crippen molar-refractivity contribution in [1.82, 2.24) is 24.7 Å². The Kier molecular flexibility index (Phi) is 8.65. The van der Waals surface area contributed by atoms with Crippen LogP contribution < -0.4 is 11.1 Å². The molecule has 0 saturated carbocycles. The molecule has 6 rings (SSSR count). The monoisotopic (exact) mass is 619 g/mol. The second-order valence-electron chi connectivity index (χ2n) is 12.0. The number of fused-ring (bicyclic) bond motifs is 2. The number of piperazine rings is 1. The van der Waals surface area contributed by atoms with Crippen LogP contribution in [0.5, 0.6) is 0 Å². The first-order valence-corrected chi connectivity index (χ1v) is 15.5. The molecule has 1 aromatic heterocycles. The number of nitrogens with two attached hydrogens (primary N) is 1. The lowest BCUT2D eigenvalue weighted by Crippen LogP contribution is -2.62. The first-order chi connectivity index (χ1) is 22.2. The normalized spacial score (nSPS) is 18.5. The van der Waals surface area contributed by atoms with E-state index < -0.39 is 24.0 Å². The zero-order valence-corrected chi connectivity index (χ0v) is 25.7. The Bertz CT molecular complexity index is 1820. The molecule has 3 aromatic carbocycles. The van der Waals surface area contributed by atoms with Crippen LogP contribution in [0, 0.1) is 5.41 Å². The standard InChI is InChI=1S/C35H37N7O4/c1-40-27-15-6-5-14-25(27)38-33(40)31(44)26(20-23-11-7-13-24(19-23)32(36)37)39-34(45)28-16-17-29-35(46)41(21-30(43)42(28)29)18-8-12-22-9-3-2-4-10-22/h2-7,9-11,13-15,19,26,28-29H,8,12,16-18,20-21H2,1H3,(H3,36,37)(H,39,45)/t26?,28-,29-/m1/s1. The molecular formula is C35H37N7O4. The third-order valence-corrected chi connectivity index (χ3v) is 8.95. The fourth-order valence-electron chi connectivity index (χ4n) is 6.60. The fraction of sp³-hybridized carbons (Fsp3) is 0.314. The molecule has 0 spiro atoms. The van der Waals surface area contributed by atoms with Gasteiger partial charge < -0.3 is 25.4 Å². The van der Waals surface area contributed by atoms with E-state index in [9.17, 15) is 19.2 Å². The highest BCUT2D eigenvalue weighted by Gasteiger charge is 2.49. The zero-order valence-electron chi connectivity index (χ0n) is 25.7. The lowest BCUT2D eigenvalue weighted by atomic mass is 9.99. The highest BCUT2D eigenvalue weighted by molar-refractivity contribution is 6.04. The minimum absolute atomic E-state index is 0.0754. The summed E-state index contributed by atoms with van der Waals surface area (Å²) in [6, 6.07) is 21.8. The van der Waals surface area contributed by atoms with E-state index >= 15 is 0 Å². The van der Waals surface area contributed by atoms with E-state index in [2.05, 4.69) is 10.3 Å². The molecule has 4 N–H and O–H groups in total. The molecule has 236 valence electrons. The van der Waals surface area contributed by atoms with E-state index in [1.165, 1.54) is 10.5 Å². The van der Waals surface area contributed by atoms with E-state index in [0.29, 0.717) is 36.0 Å². The van der Waals surface area contributed by atoms with Gasteiger partial charge in [-0.25, -0.2) is 4.98 Å². The Labute approximate surface area is 266 Å². The number of amidine groups is 1. The van der Waals surface area contributed by atoms with E-state index in [-0.39, 0.29) is 42.2 Å². The number of aromatic nitrogens is 2. The van der Waals surface area contributed by atoms with Gasteiger partial charge in [-0.1, -0.05) is 60.7 Å². The molecule has 11 nitrogen and oxygen atoms in total. The molecule has 3 heterocycles. The van der Waals surface area contributed by atoms with Crippen LogP contribution in [0.3, 0.4) is 0 Å². The average Bonchev–Trinajstić information content (AvgIpc) is 3.66. The molecule has 11 heteroatoms. The summed E-state index contributed by atoms with van der Waals surface area (Å²) < 4.78 is 1.70. The molecule has 46 heavy (non-hydrogen) atoms. The Morgan fingerprint density at radius 1 is 1.00 bits per heavy atom. The van der Waals surface area contributed by atoms with Crippen molar-refractivity contribution in [2.24, 2.45) is 12.8 Å². The zero-order chi connectivity index (χ0) is 32.4. The van der Waals surface area contributed by atoms with Crippen LogP contribution in [0.2, 0.25) is 0 Å². The molecule has 0 aliphatic carbocycles. The van der Waals surface area contributed by atoms with Crippen LogP contribution in [0.4, 0.5) is 0 Å². The topological polar surface area (TPSA) is 154 Å². The lowest BCUT2D eigenvalue weighted by molar-refractivity contribution is -0.157. The van der Waals surface area contributed by atoms with Crippen molar-refractivity contribution in [3.63, 3.8) is 0 Å². The molecular weight excluding hydrogens is 582 g/mol. The van der Waals surface area contributed by atoms with Gasteiger partial charge in [0.2, 0.25) is 23.5 Å². The van der Waals surface area contributed by atoms with E-state index in [4.69, 9.17) is 11.1 Å². The molecule has 1 unspecified atom stereocenters. The number of nitrogens with one attached hydrogen (secondary N) is 2. The molecule has 2 fully saturated rings. The van der Waals surface area contributed by atoms with Crippen molar-refractivity contribution >= 4 is 40.4 Å². The van der Waals surface area contributed by atoms with Gasteiger partial charge in [-0.15, -0.1) is 0 Å². The third kappa shape index (κ3) is 6.13. The maximum Gasteiger partial charge on any atom is 0.245 e. The fourth-order valence-corrected chi connectivity index (χ4v) is 6.60. The predicted molar refractivity (Wildman–Crippen MR) is 173 cm³/mol. The molecule has 2 aliphatic rings. The van der Waals surface area contributed by atoms with Gasteiger partial charge in [0, 0.05) is 25.6 Å². The van der Waals surface area contributed by atoms with Crippen LogP contribution in [-0.4, -0.2) is 79.9 Å². The van der Waals surface area contributed by atoms with Crippen molar-refractivity contribution in [3.05, 3.63) is 101 Å². The van der Waals surface area contributed by atoms with Crippen LogP contribution in [-0.2, 0) is 34.3 Å². The highest BCUT2D eigenvalue weighted by Crippen LogP contribution is 2.30. The van der Waals surface area contributed by atoms with Crippen molar-refractivity contribution in [2.75, 3.05) is 13.1 Å². The Morgan fingerprint density at radius 2 is 1.74 bits per heavy atom. The third-order valence-electron chi connectivity index (χ3n) is 8.95. The van der Waals surface area contributed by atoms with Gasteiger partial charge in [0.25, 0.3) is 0 Å². The minimum Gasteiger partial charge on any atom is -0.384 e. The smallest absolute Gasteiger partial charge is 0.245 e. The number of Topliss-reactive ketones (excluding diaryl/α,β-unsaturated/α-hetero) is 1. The summed E-state index contributed by atoms with van der Waals surface area (Å²) in [4.78, 5) is 62.3. The number of aryl methyl sites for hydroxylation is 2. The summed E-state index contributed by atoms with van der Waals surface area (Å²) in [5, 5.41) is 10.7. The Morgan fingerprint density at radius 3 is 2.50 bits per heavy atom. The number of nitrogens with zero attached hydrogens (tertiary/aromatic N) is 4. The number of carbonyl (C=O) groups excluding carboxylic acids is 4. The number of nitrogen functional groups attached to an aromatic ring is 1. The summed E-state index contributed by atoms with van der Waals surface area (Å²) >= 11 is 0. The number of carbonyl (C=O) groups is 4. The van der Waals surface area contributed by atoms with Crippen LogP contribution >= 0.6 is 0 Å². The number of hydrogen-bond donors (Lipinski definition) is 3. The minimum atomic E-state index is -1.02. The molecule has 2 saturated heterocycles. The largest absolute Gasteiger partial charge is 0.384 e. The Hall–Kier alpha value is -5.32. The first-order valence-electron chi connectivity index (χ1n) is 15.5. The second-order valence-corrected chi connectivity index (χ2v) is 12.0. The number of para-hydroxylation sites is 2. The number of ketones is 1. The number of amides is 3. The predicted octanol–water partition coefficient (Wildman–Crippen LogP) is 2.60. The molecule has 0 bridgehead atoms. The maximum absolute atomic E-state index is 14.0. The molecule has 2 aliphatic heterocycles. The first kappa shape index (κ1) is 30.7. The SMILES string of the molecule is Cn1c(C(=O)C(Cc2cccc(C(=N)N)c2)NC(=O)[C@H]2CC[C@@H]3C(=O)N(CCCc4ccccc4)CC(=O)N23)nc2ccccc21. The van der Waals surface area contributed by atoms with Crippen molar-refractivity contribution in [1.29, 1.82) is 5.41 Å². The van der Waals surface area contributed by atoms with Gasteiger partial charge in [-0.05, 0) is 55.0 Å². The average molecular weight is 620 g/mol. The van der Waals surface area contributed by atoms with Gasteiger partial charge in [0.1, 0.15) is 17.9 Å². The van der Waals surface area contributed by atoms with E-state index in [0.717, 1.165) is 18.4 Å². The summed E-state index contributed by atoms with van der Waals surface area (Å²) in [5.41, 5.74) is 9.51. The summed E-state index contributed by atoms with van der Waals surface area (Å²) in [6.07, 6.45) is 2.35. The van der Waals surface area contributed by atoms with Gasteiger partial charge in [-0.3, -0.25) is 24.6 Å². The van der Waals surface area contributed by atoms with Gasteiger partial charge in [-0.2, -0.15) is 0 Å². The number of benzene rings is 3. The van der Waals surface area contributed by atoms with E-state index in [1.54, 1.807) is 40.8 Å². The Balaban J connectivity index is 1.19. The van der Waals surface area contributed by atoms with Crippen molar-refractivity contribution in [2.45, 2.75) is 50.2 Å². The summed E-state index contributed by atoms with van der Waals surface area (Å²) in [6.45, 7) is 0.391. The lowest BCUT2D eigenvalue weighted by Gasteiger charge is -2.38. The van der Waals surface area contributed by atoms with Crippen molar-refractivity contribution in [3.8, 4) is 0 Å². The van der Waals surface area contributed by atoms with Crippen LogP contribution in [0.1, 0.15) is 46.6 Å². The van der Waals surface area contributed by atoms with Crippen LogP contribution in [0.25, 0.3) is 11.0 Å². The maximum atomic E-state index is 14.0. The number of rotatable bonds is 11. The quantitative estimate of drug-likeness (QED) is 0.133. The molecule has 3 atom stereocenters. The number of imidazole rings is 1. The molecule has 3 amide bonds. The van der Waals surface area contributed by atoms with Gasteiger partial charge >= 0.3 is 0 Å². The molecule has 4 aromatic rings. The summed E-state index contributed by atoms with van der Waals surface area (Å²) in [5.74, 6) is -1.20. The summed E-state index contributed by atoms with van der Waals surface area (Å²) in [7, 11) is 1.75. The highest BCUT2D eigenvalue weighted by atomic mass is 16.2. The molecule has 0 radical (unpaired) electrons. The number of hydrogen-bond acceptors (Lipinski definition) is 6. The van der Waals surface area contributed by atoms with E-state index in [1.807, 2.05) is 54.6 Å². The van der Waals surface area contributed by atoms with Crippen LogP contribution in [0.15, 0.2) is 78.9 Å².